The molecule has 2 bridgehead atoms. The van der Waals surface area contributed by atoms with E-state index in [2.05, 4.69) is 26.8 Å². The van der Waals surface area contributed by atoms with Crippen LogP contribution in [0.5, 0.6) is 5.75 Å². The van der Waals surface area contributed by atoms with Crippen LogP contribution in [0.15, 0.2) is 54.7 Å². The highest BCUT2D eigenvalue weighted by Gasteiger charge is 2.52. The first-order chi connectivity index (χ1) is 19.7. The molecule has 2 aliphatic heterocycles. The van der Waals surface area contributed by atoms with E-state index in [1.807, 2.05) is 12.1 Å². The van der Waals surface area contributed by atoms with Gasteiger partial charge in [-0.1, -0.05) is 30.3 Å². The van der Waals surface area contributed by atoms with Gasteiger partial charge in [-0.05, 0) is 81.0 Å². The van der Waals surface area contributed by atoms with Crippen LogP contribution in [0, 0.1) is 0 Å². The number of para-hydroxylation sites is 1. The number of aliphatic carboxylic acids is 1. The summed E-state index contributed by atoms with van der Waals surface area (Å²) >= 11 is 0. The summed E-state index contributed by atoms with van der Waals surface area (Å²) < 4.78 is 50.3. The highest BCUT2D eigenvalue weighted by atomic mass is 19.4. The number of hydrogen-bond donors (Lipinski definition) is 2. The zero-order valence-corrected chi connectivity index (χ0v) is 22.6. The first-order valence-electron chi connectivity index (χ1n) is 14.5. The van der Waals surface area contributed by atoms with Gasteiger partial charge >= 0.3 is 12.3 Å². The predicted octanol–water partition coefficient (Wildman–Crippen LogP) is 7.29. The van der Waals surface area contributed by atoms with Crippen LogP contribution in [0.2, 0.25) is 0 Å². The molecule has 4 fully saturated rings. The lowest BCUT2D eigenvalue weighted by molar-refractivity contribution is -0.274. The monoisotopic (exact) mass is 566 g/mol. The van der Waals surface area contributed by atoms with Crippen molar-refractivity contribution in [2.24, 2.45) is 0 Å². The van der Waals surface area contributed by atoms with Crippen molar-refractivity contribution in [3.63, 3.8) is 0 Å². The van der Waals surface area contributed by atoms with E-state index < -0.39 is 17.7 Å². The number of carboxylic acid groups (broad SMARTS) is 1. The van der Waals surface area contributed by atoms with Crippen LogP contribution in [0.4, 0.5) is 18.9 Å². The normalized spacial score (nSPS) is 24.9. The van der Waals surface area contributed by atoms with E-state index in [1.165, 1.54) is 6.07 Å². The van der Waals surface area contributed by atoms with Gasteiger partial charge in [0.2, 0.25) is 0 Å². The third-order valence-corrected chi connectivity index (χ3v) is 9.44. The lowest BCUT2D eigenvalue weighted by Crippen LogP contribution is -2.45. The third kappa shape index (κ3) is 4.98. The van der Waals surface area contributed by atoms with E-state index in [0.29, 0.717) is 48.6 Å². The molecule has 3 heterocycles. The van der Waals surface area contributed by atoms with Crippen molar-refractivity contribution < 1.29 is 32.5 Å². The summed E-state index contributed by atoms with van der Waals surface area (Å²) in [5.74, 6) is -0.569. The maximum Gasteiger partial charge on any atom is 0.573 e. The molecule has 7 rings (SSSR count). The fourth-order valence-electron chi connectivity index (χ4n) is 7.09. The van der Waals surface area contributed by atoms with E-state index in [1.54, 1.807) is 24.4 Å². The molecule has 1 aromatic heterocycles. The Labute approximate surface area is 236 Å². The number of halogens is 3. The fraction of sp³-hybridized carbons (Fsp3) is 0.469. The van der Waals surface area contributed by atoms with Gasteiger partial charge in [-0.2, -0.15) is 0 Å². The minimum atomic E-state index is -4.77. The van der Waals surface area contributed by atoms with E-state index in [9.17, 15) is 23.1 Å². The molecule has 6 nitrogen and oxygen atoms in total. The summed E-state index contributed by atoms with van der Waals surface area (Å²) in [4.78, 5) is 17.5. The number of hydrogen-bond acceptors (Lipinski definition) is 4. The Kier molecular flexibility index (Phi) is 6.34. The SMILES string of the molecule is O=C(O)C1(c2ccc(N3C4CCC3CC(OCc3c(-c5ccccc5OC(F)(F)F)c[nH]c3C3CC3)C4)cc2)CC1. The number of alkyl halides is 3. The second kappa shape index (κ2) is 9.82. The number of anilines is 1. The minimum absolute atomic E-state index is 0.0567. The van der Waals surface area contributed by atoms with Gasteiger partial charge in [-0.25, -0.2) is 0 Å². The van der Waals surface area contributed by atoms with E-state index in [-0.39, 0.29) is 11.9 Å². The van der Waals surface area contributed by atoms with Crippen molar-refractivity contribution in [1.82, 2.24) is 4.98 Å². The molecule has 216 valence electrons. The summed E-state index contributed by atoms with van der Waals surface area (Å²) in [6.07, 6.45) is 4.50. The summed E-state index contributed by atoms with van der Waals surface area (Å²) in [6, 6.07) is 15.1. The molecule has 2 N–H and O–H groups in total. The van der Waals surface area contributed by atoms with Gasteiger partial charge < -0.3 is 24.5 Å². The van der Waals surface area contributed by atoms with Crippen molar-refractivity contribution in [2.45, 2.75) is 93.9 Å². The first kappa shape index (κ1) is 26.4. The Hall–Kier alpha value is -3.46. The first-order valence-corrected chi connectivity index (χ1v) is 14.5. The van der Waals surface area contributed by atoms with Gasteiger partial charge in [-0.3, -0.25) is 4.79 Å². The largest absolute Gasteiger partial charge is 0.573 e. The molecule has 4 aliphatic rings. The van der Waals surface area contributed by atoms with E-state index in [0.717, 1.165) is 61.0 Å². The molecule has 2 aliphatic carbocycles. The standard InChI is InChI=1S/C32H33F3N2O4/c33-32(34,35)41-28-4-2-1-3-25(28)26-17-36-29(19-5-6-19)27(26)18-40-24-15-22-11-12-23(16-24)37(22)21-9-7-20(8-10-21)31(13-14-31)30(38)39/h1-4,7-10,17,19,22-24,36H,5-6,11-16,18H2,(H,38,39). The number of nitrogens with zero attached hydrogens (tertiary/aromatic N) is 1. The van der Waals surface area contributed by atoms with Gasteiger partial charge in [0.1, 0.15) is 5.75 Å². The molecular formula is C32H33F3N2O4. The highest BCUT2D eigenvalue weighted by Crippen LogP contribution is 2.50. The topological polar surface area (TPSA) is 74.8 Å². The zero-order valence-electron chi connectivity index (χ0n) is 22.6. The molecule has 41 heavy (non-hydrogen) atoms. The van der Waals surface area contributed by atoms with E-state index >= 15 is 0 Å². The average molecular weight is 567 g/mol. The average Bonchev–Trinajstić information content (AvgIpc) is 3.87. The molecule has 0 spiro atoms. The number of fused-ring (bicyclic) bond motifs is 2. The lowest BCUT2D eigenvalue weighted by Gasteiger charge is -2.40. The van der Waals surface area contributed by atoms with Gasteiger partial charge in [-0.15, -0.1) is 13.2 Å². The smallest absolute Gasteiger partial charge is 0.481 e. The molecule has 3 aromatic rings. The Bertz CT molecular complexity index is 1430. The fourth-order valence-corrected chi connectivity index (χ4v) is 7.09. The van der Waals surface area contributed by atoms with Crippen molar-refractivity contribution in [3.05, 3.63) is 71.5 Å². The van der Waals surface area contributed by atoms with Crippen LogP contribution >= 0.6 is 0 Å². The molecule has 2 saturated heterocycles. The van der Waals surface area contributed by atoms with Gasteiger partial charge in [0, 0.05) is 46.4 Å². The molecular weight excluding hydrogens is 533 g/mol. The molecule has 2 saturated carbocycles. The Balaban J connectivity index is 1.07. The Morgan fingerprint density at radius 3 is 2.27 bits per heavy atom. The van der Waals surface area contributed by atoms with Gasteiger partial charge in [0.25, 0.3) is 0 Å². The summed E-state index contributed by atoms with van der Waals surface area (Å²) in [7, 11) is 0. The van der Waals surface area contributed by atoms with Crippen LogP contribution in [0.1, 0.15) is 74.1 Å². The van der Waals surface area contributed by atoms with Crippen LogP contribution < -0.4 is 9.64 Å². The number of aromatic amines is 1. The lowest BCUT2D eigenvalue weighted by atomic mass is 9.94. The number of piperidine rings is 1. The van der Waals surface area contributed by atoms with Crippen molar-refractivity contribution in [1.29, 1.82) is 0 Å². The maximum atomic E-state index is 13.1. The number of aromatic nitrogens is 1. The van der Waals surface area contributed by atoms with Crippen LogP contribution in [0.3, 0.4) is 0 Å². The molecule has 2 atom stereocenters. The number of ether oxygens (including phenoxy) is 2. The quantitative estimate of drug-likeness (QED) is 0.285. The zero-order chi connectivity index (χ0) is 28.4. The Morgan fingerprint density at radius 2 is 1.66 bits per heavy atom. The van der Waals surface area contributed by atoms with E-state index in [4.69, 9.17) is 4.74 Å². The summed E-state index contributed by atoms with van der Waals surface area (Å²) in [5.41, 5.74) is 4.39. The number of carbonyl (C=O) groups is 1. The second-order valence-corrected chi connectivity index (χ2v) is 12.0. The minimum Gasteiger partial charge on any atom is -0.481 e. The maximum absolute atomic E-state index is 13.1. The predicted molar refractivity (Wildman–Crippen MR) is 147 cm³/mol. The number of carboxylic acids is 1. The van der Waals surface area contributed by atoms with Crippen molar-refractivity contribution in [3.8, 4) is 16.9 Å². The molecule has 2 aromatic carbocycles. The molecule has 9 heteroatoms. The molecule has 0 radical (unpaired) electrons. The number of H-pyrrole nitrogens is 1. The summed E-state index contributed by atoms with van der Waals surface area (Å²) in [5, 5.41) is 9.63. The number of nitrogens with one attached hydrogen (secondary N) is 1. The summed E-state index contributed by atoms with van der Waals surface area (Å²) in [6.45, 7) is 0.334. The van der Waals surface area contributed by atoms with Crippen molar-refractivity contribution in [2.75, 3.05) is 4.90 Å². The molecule has 2 unspecified atom stereocenters. The van der Waals surface area contributed by atoms with Gasteiger partial charge in [0.15, 0.2) is 0 Å². The molecule has 0 amide bonds. The second-order valence-electron chi connectivity index (χ2n) is 12.0. The van der Waals surface area contributed by atoms with Crippen LogP contribution in [-0.2, 0) is 21.6 Å². The highest BCUT2D eigenvalue weighted by molar-refractivity contribution is 5.85. The number of rotatable bonds is 9. The number of benzene rings is 2. The van der Waals surface area contributed by atoms with Crippen LogP contribution in [0.25, 0.3) is 11.1 Å². The Morgan fingerprint density at radius 1 is 0.976 bits per heavy atom. The third-order valence-electron chi connectivity index (χ3n) is 9.44. The van der Waals surface area contributed by atoms with Gasteiger partial charge in [0.05, 0.1) is 18.1 Å². The van der Waals surface area contributed by atoms with Crippen LogP contribution in [-0.4, -0.2) is 40.6 Å². The van der Waals surface area contributed by atoms with Crippen molar-refractivity contribution >= 4 is 11.7 Å².